The Hall–Kier alpha value is -1.84. The van der Waals surface area contributed by atoms with Crippen LogP contribution in [-0.4, -0.2) is 17.1 Å². The Bertz CT molecular complexity index is 546. The number of carbonyl (C=O) groups is 1. The Morgan fingerprint density at radius 2 is 2.11 bits per heavy atom. The van der Waals surface area contributed by atoms with Crippen molar-refractivity contribution < 1.29 is 14.1 Å². The summed E-state index contributed by atoms with van der Waals surface area (Å²) in [5, 5.41) is 0. The van der Waals surface area contributed by atoms with E-state index in [1.807, 2.05) is 36.0 Å². The van der Waals surface area contributed by atoms with Gasteiger partial charge >= 0.3 is 5.97 Å². The van der Waals surface area contributed by atoms with Gasteiger partial charge in [-0.1, -0.05) is 19.1 Å². The summed E-state index contributed by atoms with van der Waals surface area (Å²) >= 11 is 0. The lowest BCUT2D eigenvalue weighted by molar-refractivity contribution is -0.661. The molecule has 0 saturated carbocycles. The van der Waals surface area contributed by atoms with Gasteiger partial charge in [-0.2, -0.15) is 0 Å². The molecule has 0 aliphatic rings. The first kappa shape index (κ1) is 12.6. The minimum Gasteiger partial charge on any atom is -0.463 e. The van der Waals surface area contributed by atoms with E-state index in [-0.39, 0.29) is 12.5 Å². The van der Waals surface area contributed by atoms with Crippen LogP contribution in [0, 0.1) is 0 Å². The summed E-state index contributed by atoms with van der Waals surface area (Å²) in [5.41, 5.74) is 2.20. The SMILES string of the molecule is CCCOC(=O)C[n+]1cn(CC)c2ccccc21. The Labute approximate surface area is 107 Å². The molecule has 2 aromatic rings. The lowest BCUT2D eigenvalue weighted by Gasteiger charge is -2.00. The van der Waals surface area contributed by atoms with Crippen molar-refractivity contribution in [1.82, 2.24) is 4.57 Å². The average molecular weight is 247 g/mol. The number of hydrogen-bond acceptors (Lipinski definition) is 2. The summed E-state index contributed by atoms with van der Waals surface area (Å²) in [6.07, 6.45) is 2.82. The molecule has 4 nitrogen and oxygen atoms in total. The van der Waals surface area contributed by atoms with Gasteiger partial charge in [-0.05, 0) is 25.5 Å². The quantitative estimate of drug-likeness (QED) is 0.597. The number of ether oxygens (including phenoxy) is 1. The first-order valence-corrected chi connectivity index (χ1v) is 6.39. The summed E-state index contributed by atoms with van der Waals surface area (Å²) in [6, 6.07) is 8.08. The molecule has 0 spiro atoms. The van der Waals surface area contributed by atoms with Gasteiger partial charge in [-0.3, -0.25) is 0 Å². The zero-order chi connectivity index (χ0) is 13.0. The van der Waals surface area contributed by atoms with Crippen molar-refractivity contribution in [2.75, 3.05) is 6.61 Å². The van der Waals surface area contributed by atoms with E-state index in [1.165, 1.54) is 0 Å². The number of esters is 1. The second-order valence-corrected chi connectivity index (χ2v) is 4.24. The third-order valence-electron chi connectivity index (χ3n) is 2.89. The van der Waals surface area contributed by atoms with E-state index in [9.17, 15) is 4.79 Å². The van der Waals surface area contributed by atoms with Gasteiger partial charge in [0.25, 0.3) is 0 Å². The molecule has 1 aromatic carbocycles. The molecule has 0 N–H and O–H groups in total. The highest BCUT2D eigenvalue weighted by Gasteiger charge is 2.16. The van der Waals surface area contributed by atoms with Crippen molar-refractivity contribution in [3.63, 3.8) is 0 Å². The van der Waals surface area contributed by atoms with Gasteiger partial charge in [-0.15, -0.1) is 0 Å². The minimum atomic E-state index is -0.180. The molecule has 0 atom stereocenters. The van der Waals surface area contributed by atoms with Gasteiger partial charge in [-0.25, -0.2) is 13.9 Å². The Morgan fingerprint density at radius 3 is 2.83 bits per heavy atom. The Balaban J connectivity index is 2.25. The summed E-state index contributed by atoms with van der Waals surface area (Å²) < 4.78 is 9.19. The number of para-hydroxylation sites is 2. The number of aromatic nitrogens is 2. The standard InChI is InChI=1S/C14H19N2O2/c1-3-9-18-14(17)10-16-11-15(4-2)12-7-5-6-8-13(12)16/h5-8,11H,3-4,9-10H2,1-2H3/q+1. The molecule has 0 saturated heterocycles. The van der Waals surface area contributed by atoms with Crippen molar-refractivity contribution in [3.05, 3.63) is 30.6 Å². The third-order valence-corrected chi connectivity index (χ3v) is 2.89. The molecule has 2 rings (SSSR count). The number of imidazole rings is 1. The molecule has 1 heterocycles. The number of rotatable bonds is 5. The van der Waals surface area contributed by atoms with E-state index >= 15 is 0 Å². The topological polar surface area (TPSA) is 35.1 Å². The predicted octanol–water partition coefficient (Wildman–Crippen LogP) is 1.90. The maximum atomic E-state index is 11.7. The number of fused-ring (bicyclic) bond motifs is 1. The van der Waals surface area contributed by atoms with Gasteiger partial charge in [0, 0.05) is 0 Å². The number of hydrogen-bond donors (Lipinski definition) is 0. The van der Waals surface area contributed by atoms with E-state index in [1.54, 1.807) is 0 Å². The highest BCUT2D eigenvalue weighted by molar-refractivity contribution is 5.73. The highest BCUT2D eigenvalue weighted by Crippen LogP contribution is 2.10. The van der Waals surface area contributed by atoms with Crippen LogP contribution in [0.5, 0.6) is 0 Å². The number of nitrogens with zero attached hydrogens (tertiary/aromatic N) is 2. The normalized spacial score (nSPS) is 10.8. The van der Waals surface area contributed by atoms with Crippen LogP contribution in [0.3, 0.4) is 0 Å². The van der Waals surface area contributed by atoms with Crippen LogP contribution in [-0.2, 0) is 22.6 Å². The third kappa shape index (κ3) is 2.53. The van der Waals surface area contributed by atoms with Crippen molar-refractivity contribution in [2.24, 2.45) is 0 Å². The van der Waals surface area contributed by atoms with E-state index in [0.29, 0.717) is 6.61 Å². The molecule has 18 heavy (non-hydrogen) atoms. The number of benzene rings is 1. The maximum Gasteiger partial charge on any atom is 0.348 e. The number of carbonyl (C=O) groups excluding carboxylic acids is 1. The van der Waals surface area contributed by atoms with Gasteiger partial charge in [0.1, 0.15) is 0 Å². The second-order valence-electron chi connectivity index (χ2n) is 4.24. The monoisotopic (exact) mass is 247 g/mol. The average Bonchev–Trinajstić information content (AvgIpc) is 2.75. The lowest BCUT2D eigenvalue weighted by Crippen LogP contribution is -2.37. The van der Waals surface area contributed by atoms with Crippen LogP contribution in [0.4, 0.5) is 0 Å². The van der Waals surface area contributed by atoms with Crippen molar-refractivity contribution in [3.8, 4) is 0 Å². The van der Waals surface area contributed by atoms with Crippen molar-refractivity contribution in [2.45, 2.75) is 33.4 Å². The van der Waals surface area contributed by atoms with Gasteiger partial charge in [0.2, 0.25) is 6.33 Å². The van der Waals surface area contributed by atoms with Gasteiger partial charge in [0.15, 0.2) is 17.6 Å². The van der Waals surface area contributed by atoms with Crippen molar-refractivity contribution >= 4 is 17.0 Å². The van der Waals surface area contributed by atoms with Crippen LogP contribution in [0.2, 0.25) is 0 Å². The van der Waals surface area contributed by atoms with E-state index in [4.69, 9.17) is 4.74 Å². The Morgan fingerprint density at radius 1 is 1.33 bits per heavy atom. The van der Waals surface area contributed by atoms with Crippen molar-refractivity contribution in [1.29, 1.82) is 0 Å². The van der Waals surface area contributed by atoms with E-state index in [0.717, 1.165) is 24.0 Å². The molecular formula is C14H19N2O2+. The molecule has 0 aliphatic carbocycles. The van der Waals surface area contributed by atoms with Crippen LogP contribution >= 0.6 is 0 Å². The summed E-state index contributed by atoms with van der Waals surface area (Å²) in [6.45, 7) is 5.73. The highest BCUT2D eigenvalue weighted by atomic mass is 16.5. The molecule has 0 unspecified atom stereocenters. The minimum absolute atomic E-state index is 0.180. The zero-order valence-corrected chi connectivity index (χ0v) is 10.9. The fourth-order valence-electron chi connectivity index (χ4n) is 2.02. The van der Waals surface area contributed by atoms with Crippen LogP contribution in [0.15, 0.2) is 30.6 Å². The van der Waals surface area contributed by atoms with Gasteiger partial charge < -0.3 is 4.74 Å². The largest absolute Gasteiger partial charge is 0.463 e. The van der Waals surface area contributed by atoms with E-state index < -0.39 is 0 Å². The molecule has 0 amide bonds. The molecule has 0 radical (unpaired) electrons. The van der Waals surface area contributed by atoms with Gasteiger partial charge in [0.05, 0.1) is 13.2 Å². The van der Waals surface area contributed by atoms with Crippen LogP contribution in [0.1, 0.15) is 20.3 Å². The second kappa shape index (κ2) is 5.67. The molecule has 0 bridgehead atoms. The first-order chi connectivity index (χ1) is 8.76. The molecule has 1 aromatic heterocycles. The molecule has 4 heteroatoms. The molecule has 0 aliphatic heterocycles. The first-order valence-electron chi connectivity index (χ1n) is 6.39. The number of aryl methyl sites for hydroxylation is 1. The Kier molecular flexibility index (Phi) is 3.97. The molecule has 96 valence electrons. The summed E-state index contributed by atoms with van der Waals surface area (Å²) in [5.74, 6) is -0.180. The summed E-state index contributed by atoms with van der Waals surface area (Å²) in [7, 11) is 0. The summed E-state index contributed by atoms with van der Waals surface area (Å²) in [4.78, 5) is 11.7. The fraction of sp³-hybridized carbons (Fsp3) is 0.429. The fourth-order valence-corrected chi connectivity index (χ4v) is 2.02. The zero-order valence-electron chi connectivity index (χ0n) is 10.9. The van der Waals surface area contributed by atoms with Crippen LogP contribution < -0.4 is 4.57 Å². The smallest absolute Gasteiger partial charge is 0.348 e. The maximum absolute atomic E-state index is 11.7. The molecule has 0 fully saturated rings. The lowest BCUT2D eigenvalue weighted by atomic mass is 10.3. The van der Waals surface area contributed by atoms with E-state index in [2.05, 4.69) is 17.6 Å². The predicted molar refractivity (Wildman–Crippen MR) is 69.1 cm³/mol. The molecular weight excluding hydrogens is 228 g/mol. The van der Waals surface area contributed by atoms with Crippen LogP contribution in [0.25, 0.3) is 11.0 Å².